The zero-order chi connectivity index (χ0) is 8.97. The van der Waals surface area contributed by atoms with E-state index >= 15 is 0 Å². The van der Waals surface area contributed by atoms with Crippen LogP contribution in [-0.2, 0) is 0 Å². The van der Waals surface area contributed by atoms with Crippen LogP contribution in [0.25, 0.3) is 0 Å². The third-order valence-corrected chi connectivity index (χ3v) is 1.47. The molecule has 0 amide bonds. The van der Waals surface area contributed by atoms with Gasteiger partial charge < -0.3 is 9.47 Å². The van der Waals surface area contributed by atoms with Crippen molar-refractivity contribution in [2.75, 3.05) is 7.11 Å². The van der Waals surface area contributed by atoms with Gasteiger partial charge in [-0.15, -0.1) is 5.26 Å². The lowest BCUT2D eigenvalue weighted by Crippen LogP contribution is -1.89. The van der Waals surface area contributed by atoms with E-state index in [1.807, 2.05) is 13.0 Å². The van der Waals surface area contributed by atoms with Crippen LogP contribution in [0.15, 0.2) is 18.2 Å². The molecule has 0 saturated carbocycles. The second-order valence-corrected chi connectivity index (χ2v) is 2.35. The summed E-state index contributed by atoms with van der Waals surface area (Å²) in [7, 11) is 1.54. The molecule has 1 aromatic rings. The van der Waals surface area contributed by atoms with Crippen LogP contribution in [0.3, 0.4) is 0 Å². The van der Waals surface area contributed by atoms with Gasteiger partial charge in [0.1, 0.15) is 0 Å². The Hall–Kier alpha value is -1.69. The van der Waals surface area contributed by atoms with Crippen molar-refractivity contribution in [1.29, 1.82) is 5.26 Å². The Morgan fingerprint density at radius 1 is 1.33 bits per heavy atom. The number of aryl methyl sites for hydroxylation is 1. The number of nitrogens with zero attached hydrogens (tertiary/aromatic N) is 1. The predicted molar refractivity (Wildman–Crippen MR) is 44.0 cm³/mol. The Morgan fingerprint density at radius 3 is 2.67 bits per heavy atom. The van der Waals surface area contributed by atoms with E-state index in [2.05, 4.69) is 4.74 Å². The quantitative estimate of drug-likeness (QED) is 0.625. The maximum atomic E-state index is 8.30. The molecule has 0 radical (unpaired) electrons. The molecule has 0 atom stereocenters. The van der Waals surface area contributed by atoms with Crippen LogP contribution in [0, 0.1) is 18.4 Å². The average molecular weight is 163 g/mol. The predicted octanol–water partition coefficient (Wildman–Crippen LogP) is 1.86. The number of hydrogen-bond donors (Lipinski definition) is 0. The SMILES string of the molecule is COc1ccc(C)cc1OC#N. The molecule has 1 aromatic carbocycles. The molecule has 3 heteroatoms. The number of rotatable bonds is 2. The van der Waals surface area contributed by atoms with Crippen molar-refractivity contribution in [2.24, 2.45) is 0 Å². The fraction of sp³-hybridized carbons (Fsp3) is 0.222. The van der Waals surface area contributed by atoms with Crippen molar-refractivity contribution in [3.63, 3.8) is 0 Å². The van der Waals surface area contributed by atoms with E-state index in [0.717, 1.165) is 5.56 Å². The van der Waals surface area contributed by atoms with Crippen LogP contribution in [0.2, 0.25) is 0 Å². The molecule has 0 heterocycles. The van der Waals surface area contributed by atoms with Gasteiger partial charge in [0, 0.05) is 0 Å². The summed E-state index contributed by atoms with van der Waals surface area (Å²) in [5.74, 6) is 1.03. The zero-order valence-electron chi connectivity index (χ0n) is 7.00. The lowest BCUT2D eigenvalue weighted by molar-refractivity contribution is 0.384. The topological polar surface area (TPSA) is 42.2 Å². The van der Waals surface area contributed by atoms with E-state index in [0.29, 0.717) is 11.5 Å². The number of hydrogen-bond acceptors (Lipinski definition) is 3. The van der Waals surface area contributed by atoms with Crippen LogP contribution < -0.4 is 9.47 Å². The lowest BCUT2D eigenvalue weighted by Gasteiger charge is -2.04. The number of benzene rings is 1. The second kappa shape index (κ2) is 3.63. The lowest BCUT2D eigenvalue weighted by atomic mass is 10.2. The monoisotopic (exact) mass is 163 g/mol. The molecule has 0 aliphatic carbocycles. The van der Waals surface area contributed by atoms with Crippen LogP contribution in [0.4, 0.5) is 0 Å². The van der Waals surface area contributed by atoms with Crippen LogP contribution in [0.1, 0.15) is 5.56 Å². The van der Waals surface area contributed by atoms with Gasteiger partial charge in [0.05, 0.1) is 7.11 Å². The third-order valence-electron chi connectivity index (χ3n) is 1.47. The smallest absolute Gasteiger partial charge is 0.292 e. The molecule has 0 unspecified atom stereocenters. The highest BCUT2D eigenvalue weighted by molar-refractivity contribution is 5.43. The fourth-order valence-corrected chi connectivity index (χ4v) is 0.913. The van der Waals surface area contributed by atoms with Crippen molar-refractivity contribution in [2.45, 2.75) is 6.92 Å². The average Bonchev–Trinajstić information content (AvgIpc) is 2.05. The van der Waals surface area contributed by atoms with E-state index in [9.17, 15) is 0 Å². The molecule has 0 bridgehead atoms. The number of methoxy groups -OCH3 is 1. The first-order chi connectivity index (χ1) is 5.77. The normalized spacial score (nSPS) is 8.75. The Bertz CT molecular complexity index is 315. The van der Waals surface area contributed by atoms with Crippen LogP contribution >= 0.6 is 0 Å². The van der Waals surface area contributed by atoms with E-state index in [1.165, 1.54) is 7.11 Å². The van der Waals surface area contributed by atoms with Crippen molar-refractivity contribution in [1.82, 2.24) is 0 Å². The Labute approximate surface area is 71.1 Å². The standard InChI is InChI=1S/C9H9NO2/c1-7-3-4-8(11-2)9(5-7)12-6-10/h3-5H,1-2H3. The molecule has 1 rings (SSSR count). The van der Waals surface area contributed by atoms with Gasteiger partial charge in [-0.05, 0) is 24.6 Å². The summed E-state index contributed by atoms with van der Waals surface area (Å²) < 4.78 is 9.67. The van der Waals surface area contributed by atoms with Crippen molar-refractivity contribution >= 4 is 0 Å². The zero-order valence-corrected chi connectivity index (χ0v) is 7.00. The molecule has 0 aliphatic rings. The van der Waals surface area contributed by atoms with Gasteiger partial charge in [0.2, 0.25) is 0 Å². The summed E-state index contributed by atoms with van der Waals surface area (Å²) in [6.07, 6.45) is 1.61. The second-order valence-electron chi connectivity index (χ2n) is 2.35. The molecule has 0 aromatic heterocycles. The summed E-state index contributed by atoms with van der Waals surface area (Å²) in [4.78, 5) is 0. The van der Waals surface area contributed by atoms with E-state index in [4.69, 9.17) is 10.00 Å². The molecule has 3 nitrogen and oxygen atoms in total. The maximum Gasteiger partial charge on any atom is 0.292 e. The number of nitriles is 1. The Morgan fingerprint density at radius 2 is 2.08 bits per heavy atom. The van der Waals surface area contributed by atoms with Gasteiger partial charge in [0.15, 0.2) is 11.5 Å². The first-order valence-electron chi connectivity index (χ1n) is 3.48. The van der Waals surface area contributed by atoms with E-state index < -0.39 is 0 Å². The van der Waals surface area contributed by atoms with Crippen molar-refractivity contribution in [3.8, 4) is 17.8 Å². The summed E-state index contributed by atoms with van der Waals surface area (Å²) in [6.45, 7) is 1.92. The molecule has 62 valence electrons. The van der Waals surface area contributed by atoms with Crippen molar-refractivity contribution in [3.05, 3.63) is 23.8 Å². The van der Waals surface area contributed by atoms with Gasteiger partial charge in [-0.3, -0.25) is 0 Å². The number of ether oxygens (including phenoxy) is 2. The first-order valence-corrected chi connectivity index (χ1v) is 3.48. The highest BCUT2D eigenvalue weighted by Crippen LogP contribution is 2.27. The minimum Gasteiger partial charge on any atom is -0.493 e. The molecule has 0 N–H and O–H groups in total. The minimum atomic E-state index is 0.458. The van der Waals surface area contributed by atoms with Gasteiger partial charge in [-0.25, -0.2) is 0 Å². The van der Waals surface area contributed by atoms with Crippen LogP contribution in [0.5, 0.6) is 11.5 Å². The van der Waals surface area contributed by atoms with Gasteiger partial charge in [-0.2, -0.15) is 0 Å². The highest BCUT2D eigenvalue weighted by atomic mass is 16.5. The fourth-order valence-electron chi connectivity index (χ4n) is 0.913. The highest BCUT2D eigenvalue weighted by Gasteiger charge is 2.02. The molecule has 12 heavy (non-hydrogen) atoms. The van der Waals surface area contributed by atoms with Gasteiger partial charge in [-0.1, -0.05) is 6.07 Å². The maximum absolute atomic E-state index is 8.30. The minimum absolute atomic E-state index is 0.458. The van der Waals surface area contributed by atoms with Gasteiger partial charge in [0.25, 0.3) is 6.26 Å². The molecular formula is C9H9NO2. The summed E-state index contributed by atoms with van der Waals surface area (Å²) in [5, 5.41) is 8.30. The van der Waals surface area contributed by atoms with Crippen molar-refractivity contribution < 1.29 is 9.47 Å². The largest absolute Gasteiger partial charge is 0.493 e. The van der Waals surface area contributed by atoms with Gasteiger partial charge >= 0.3 is 0 Å². The first kappa shape index (κ1) is 8.41. The Balaban J connectivity index is 3.05. The molecule has 0 saturated heterocycles. The van der Waals surface area contributed by atoms with E-state index in [1.54, 1.807) is 18.4 Å². The summed E-state index contributed by atoms with van der Waals surface area (Å²) in [6, 6.07) is 5.41. The molecule has 0 spiro atoms. The summed E-state index contributed by atoms with van der Waals surface area (Å²) in [5.41, 5.74) is 1.03. The molecule has 0 aliphatic heterocycles. The molecular weight excluding hydrogens is 154 g/mol. The Kier molecular flexibility index (Phi) is 2.54. The molecule has 0 fully saturated rings. The summed E-state index contributed by atoms with van der Waals surface area (Å²) >= 11 is 0. The van der Waals surface area contributed by atoms with Crippen LogP contribution in [-0.4, -0.2) is 7.11 Å². The van der Waals surface area contributed by atoms with E-state index in [-0.39, 0.29) is 0 Å². The third kappa shape index (κ3) is 1.67.